The number of hydrogen-bond donors (Lipinski definition) is 1. The molecular formula is C41H55N3O10S. The Labute approximate surface area is 324 Å². The lowest BCUT2D eigenvalue weighted by molar-refractivity contribution is -0.160. The number of nitrogens with one attached hydrogen (secondary N) is 1. The molecule has 300 valence electrons. The normalized spacial score (nSPS) is 25.3. The molecule has 2 amide bonds. The molecule has 0 bridgehead atoms. The quantitative estimate of drug-likeness (QED) is 0.148. The first-order valence-corrected chi connectivity index (χ1v) is 21.0. The van der Waals surface area contributed by atoms with Crippen molar-refractivity contribution in [2.75, 3.05) is 13.7 Å². The Bertz CT molecular complexity index is 1920. The standard InChI is InChI=1S/C41H55N3O10S/c1-7-16-40(17-18-40)54-55(49,50)43-38(48)41(23-28(41)8-2)24-34(45)33-21-30(52-36-31-14-13-29(51-6)20-27(31)15-19-42-36)25-44(33)37(47)32(26-11-9-10-12-26)22-35(46)53-39(3,4)5/h8,13-15,19-20,26,28,30,32-33H,2,7,9-12,16-18,21-25H2,1,3-6H3,(H,43,48)/t28-,30-,32+,33+,41-/m1/s1. The minimum atomic E-state index is -4.45. The summed E-state index contributed by atoms with van der Waals surface area (Å²) in [5, 5.41) is 1.56. The highest BCUT2D eigenvalue weighted by Crippen LogP contribution is 2.57. The largest absolute Gasteiger partial charge is 0.497 e. The van der Waals surface area contributed by atoms with Gasteiger partial charge in [0.2, 0.25) is 17.7 Å². The van der Waals surface area contributed by atoms with Gasteiger partial charge in [-0.3, -0.25) is 19.2 Å². The summed E-state index contributed by atoms with van der Waals surface area (Å²) in [6.07, 6.45) is 8.27. The summed E-state index contributed by atoms with van der Waals surface area (Å²) in [7, 11) is -2.87. The third-order valence-corrected chi connectivity index (χ3v) is 12.6. The average molecular weight is 782 g/mol. The number of carbonyl (C=O) groups is 4. The SMILES string of the molecule is C=C[C@@H]1C[C@]1(CC(=O)[C@@H]1C[C@@H](Oc2nccc3cc(OC)ccc23)CN1C(=O)[C@@H](CC(=O)OC(C)(C)C)C1CCCC1)C(=O)NS(=O)(=O)OC1(CCC)CC1. The zero-order chi connectivity index (χ0) is 39.8. The number of ether oxygens (including phenoxy) is 3. The summed E-state index contributed by atoms with van der Waals surface area (Å²) in [5.41, 5.74) is -2.91. The van der Waals surface area contributed by atoms with E-state index in [1.807, 2.05) is 25.1 Å². The number of hydrogen-bond acceptors (Lipinski definition) is 11. The lowest BCUT2D eigenvalue weighted by Gasteiger charge is -2.31. The van der Waals surface area contributed by atoms with Gasteiger partial charge in [0.1, 0.15) is 17.5 Å². The molecule has 1 aromatic carbocycles. The van der Waals surface area contributed by atoms with Crippen LogP contribution >= 0.6 is 0 Å². The van der Waals surface area contributed by atoms with Gasteiger partial charge < -0.3 is 19.1 Å². The molecule has 0 radical (unpaired) electrons. The summed E-state index contributed by atoms with van der Waals surface area (Å²) >= 11 is 0. The number of allylic oxidation sites excluding steroid dienone is 1. The Morgan fingerprint density at radius 2 is 1.85 bits per heavy atom. The van der Waals surface area contributed by atoms with Crippen LogP contribution in [0.3, 0.4) is 0 Å². The van der Waals surface area contributed by atoms with Gasteiger partial charge in [-0.05, 0) is 101 Å². The summed E-state index contributed by atoms with van der Waals surface area (Å²) < 4.78 is 51.2. The molecule has 6 rings (SSSR count). The zero-order valence-corrected chi connectivity index (χ0v) is 33.5. The molecule has 5 atom stereocenters. The topological polar surface area (TPSA) is 168 Å². The maximum absolute atomic E-state index is 14.7. The number of amides is 2. The Balaban J connectivity index is 1.27. The maximum atomic E-state index is 14.7. The van der Waals surface area contributed by atoms with Crippen LogP contribution < -0.4 is 14.2 Å². The molecule has 2 heterocycles. The van der Waals surface area contributed by atoms with Gasteiger partial charge in [-0.1, -0.05) is 32.3 Å². The molecule has 0 unspecified atom stereocenters. The van der Waals surface area contributed by atoms with E-state index in [-0.39, 0.29) is 44.1 Å². The van der Waals surface area contributed by atoms with Crippen LogP contribution in [0, 0.1) is 23.2 Å². The highest BCUT2D eigenvalue weighted by Gasteiger charge is 2.61. The van der Waals surface area contributed by atoms with E-state index in [9.17, 15) is 27.6 Å². The van der Waals surface area contributed by atoms with Crippen molar-refractivity contribution in [1.82, 2.24) is 14.6 Å². The molecule has 13 nitrogen and oxygen atoms in total. The molecule has 3 saturated carbocycles. The smallest absolute Gasteiger partial charge is 0.362 e. The second-order valence-corrected chi connectivity index (χ2v) is 18.2. The third kappa shape index (κ3) is 9.33. The van der Waals surface area contributed by atoms with E-state index in [0.717, 1.165) is 42.9 Å². The first kappa shape index (κ1) is 40.6. The van der Waals surface area contributed by atoms with E-state index in [0.29, 0.717) is 30.9 Å². The van der Waals surface area contributed by atoms with Crippen molar-refractivity contribution in [1.29, 1.82) is 0 Å². The number of aromatic nitrogens is 1. The molecule has 1 N–H and O–H groups in total. The van der Waals surface area contributed by atoms with Crippen LogP contribution in [0.15, 0.2) is 43.1 Å². The molecule has 1 aromatic heterocycles. The minimum absolute atomic E-state index is 0.0484. The summed E-state index contributed by atoms with van der Waals surface area (Å²) in [5.74, 6) is -2.29. The van der Waals surface area contributed by atoms with E-state index < -0.39 is 68.6 Å². The lowest BCUT2D eigenvalue weighted by Crippen LogP contribution is -2.47. The van der Waals surface area contributed by atoms with Gasteiger partial charge in [0.05, 0.1) is 43.1 Å². The van der Waals surface area contributed by atoms with Gasteiger partial charge in [-0.2, -0.15) is 8.42 Å². The third-order valence-electron chi connectivity index (χ3n) is 11.6. The van der Waals surface area contributed by atoms with Gasteiger partial charge >= 0.3 is 16.3 Å². The molecule has 4 fully saturated rings. The molecule has 14 heteroatoms. The van der Waals surface area contributed by atoms with Crippen molar-refractivity contribution in [3.63, 3.8) is 0 Å². The van der Waals surface area contributed by atoms with E-state index in [4.69, 9.17) is 18.4 Å². The number of pyridine rings is 1. The number of carbonyl (C=O) groups excluding carboxylic acids is 4. The van der Waals surface area contributed by atoms with Gasteiger partial charge in [0.15, 0.2) is 5.78 Å². The second-order valence-electron chi connectivity index (χ2n) is 16.9. The molecule has 1 aliphatic heterocycles. The zero-order valence-electron chi connectivity index (χ0n) is 32.6. The summed E-state index contributed by atoms with van der Waals surface area (Å²) in [4.78, 5) is 62.3. The van der Waals surface area contributed by atoms with Gasteiger partial charge in [0, 0.05) is 24.4 Å². The minimum Gasteiger partial charge on any atom is -0.497 e. The molecule has 4 aliphatic rings. The van der Waals surface area contributed by atoms with Crippen molar-refractivity contribution in [3.05, 3.63) is 43.1 Å². The van der Waals surface area contributed by atoms with Crippen LogP contribution in [-0.4, -0.2) is 78.9 Å². The molecular weight excluding hydrogens is 727 g/mol. The number of methoxy groups -OCH3 is 1. The van der Waals surface area contributed by atoms with Crippen LogP contribution in [0.4, 0.5) is 0 Å². The summed E-state index contributed by atoms with van der Waals surface area (Å²) in [6, 6.07) is 6.33. The Hall–Kier alpha value is -4.04. The monoisotopic (exact) mass is 781 g/mol. The van der Waals surface area contributed by atoms with Crippen LogP contribution in [0.5, 0.6) is 11.6 Å². The predicted molar refractivity (Wildman–Crippen MR) is 204 cm³/mol. The van der Waals surface area contributed by atoms with E-state index in [1.165, 1.54) is 4.90 Å². The first-order chi connectivity index (χ1) is 26.0. The molecule has 2 aromatic rings. The number of rotatable bonds is 17. The fourth-order valence-electron chi connectivity index (χ4n) is 8.58. The molecule has 1 saturated heterocycles. The van der Waals surface area contributed by atoms with E-state index >= 15 is 0 Å². The number of likely N-dealkylation sites (tertiary alicyclic amines) is 1. The second kappa shape index (κ2) is 15.8. The molecule has 3 aliphatic carbocycles. The van der Waals surface area contributed by atoms with E-state index in [1.54, 1.807) is 46.2 Å². The van der Waals surface area contributed by atoms with Crippen LogP contribution in [0.2, 0.25) is 0 Å². The number of ketones is 1. The van der Waals surface area contributed by atoms with Crippen LogP contribution in [0.25, 0.3) is 10.8 Å². The number of Topliss-reactive ketones (excluding diaryl/α,β-unsaturated/α-hetero) is 1. The molecule has 55 heavy (non-hydrogen) atoms. The Kier molecular flexibility index (Phi) is 11.7. The fraction of sp³-hybridized carbons (Fsp3) is 0.634. The predicted octanol–water partition coefficient (Wildman–Crippen LogP) is 5.99. The number of esters is 1. The lowest BCUT2D eigenvalue weighted by atomic mass is 9.86. The van der Waals surface area contributed by atoms with Crippen LogP contribution in [0.1, 0.15) is 105 Å². The number of fused-ring (bicyclic) bond motifs is 1. The molecule has 0 spiro atoms. The van der Waals surface area contributed by atoms with Crippen molar-refractivity contribution in [2.45, 2.75) is 128 Å². The highest BCUT2D eigenvalue weighted by atomic mass is 32.2. The van der Waals surface area contributed by atoms with Gasteiger partial charge in [0.25, 0.3) is 0 Å². The first-order valence-electron chi connectivity index (χ1n) is 19.6. The van der Waals surface area contributed by atoms with Crippen molar-refractivity contribution < 1.29 is 46.0 Å². The Morgan fingerprint density at radius 3 is 2.47 bits per heavy atom. The van der Waals surface area contributed by atoms with Crippen LogP contribution in [-0.2, 0) is 38.4 Å². The fourth-order valence-corrected chi connectivity index (χ4v) is 9.77. The average Bonchev–Trinajstić information content (AvgIpc) is 3.87. The van der Waals surface area contributed by atoms with Crippen molar-refractivity contribution in [2.24, 2.45) is 23.2 Å². The number of nitrogens with zero attached hydrogens (tertiary/aromatic N) is 2. The van der Waals surface area contributed by atoms with E-state index in [2.05, 4.69) is 16.3 Å². The summed E-state index contributed by atoms with van der Waals surface area (Å²) in [6.45, 7) is 11.2. The van der Waals surface area contributed by atoms with Crippen molar-refractivity contribution >= 4 is 44.6 Å². The van der Waals surface area contributed by atoms with Crippen molar-refractivity contribution in [3.8, 4) is 11.6 Å². The maximum Gasteiger partial charge on any atom is 0.362 e. The highest BCUT2D eigenvalue weighted by molar-refractivity contribution is 7.85. The van der Waals surface area contributed by atoms with Gasteiger partial charge in [-0.15, -0.1) is 6.58 Å². The van der Waals surface area contributed by atoms with Gasteiger partial charge in [-0.25, -0.2) is 13.9 Å². The number of benzene rings is 1. The Morgan fingerprint density at radius 1 is 1.13 bits per heavy atom.